The van der Waals surface area contributed by atoms with E-state index in [-0.39, 0.29) is 11.8 Å². The lowest BCUT2D eigenvalue weighted by molar-refractivity contribution is -0.123. The van der Waals surface area contributed by atoms with Gasteiger partial charge < -0.3 is 15.4 Å². The molecule has 2 aromatic rings. The molecule has 0 saturated carbocycles. The molecule has 6 heteroatoms. The largest absolute Gasteiger partial charge is 0.381 e. The van der Waals surface area contributed by atoms with Crippen molar-refractivity contribution in [3.05, 3.63) is 70.7 Å². The summed E-state index contributed by atoms with van der Waals surface area (Å²) in [5.74, 6) is -0.154. The first-order valence-electron chi connectivity index (χ1n) is 9.07. The SMILES string of the molecule is O=C(N[C@H](Cc1ccccc1)C(=O)NC[C@@H]1CCOC1)c1ccc(Cl)cc1. The predicted octanol–water partition coefficient (Wildman–Crippen LogP) is 2.83. The highest BCUT2D eigenvalue weighted by atomic mass is 35.5. The second kappa shape index (κ2) is 9.53. The Morgan fingerprint density at radius 3 is 2.52 bits per heavy atom. The molecule has 0 aromatic heterocycles. The van der Waals surface area contributed by atoms with Gasteiger partial charge in [-0.2, -0.15) is 0 Å². The molecule has 0 aliphatic carbocycles. The van der Waals surface area contributed by atoms with Gasteiger partial charge in [-0.05, 0) is 36.2 Å². The number of amides is 2. The molecule has 142 valence electrons. The highest BCUT2D eigenvalue weighted by Gasteiger charge is 2.24. The monoisotopic (exact) mass is 386 g/mol. The third-order valence-corrected chi connectivity index (χ3v) is 4.85. The fraction of sp³-hybridized carbons (Fsp3) is 0.333. The van der Waals surface area contributed by atoms with Gasteiger partial charge in [-0.3, -0.25) is 9.59 Å². The highest BCUT2D eigenvalue weighted by Crippen LogP contribution is 2.12. The Kier molecular flexibility index (Phi) is 6.85. The van der Waals surface area contributed by atoms with E-state index in [4.69, 9.17) is 16.3 Å². The number of hydrogen-bond donors (Lipinski definition) is 2. The first kappa shape index (κ1) is 19.4. The summed E-state index contributed by atoms with van der Waals surface area (Å²) in [6.07, 6.45) is 1.37. The van der Waals surface area contributed by atoms with Crippen LogP contribution in [0.3, 0.4) is 0 Å². The molecule has 0 radical (unpaired) electrons. The fourth-order valence-corrected chi connectivity index (χ4v) is 3.14. The van der Waals surface area contributed by atoms with Gasteiger partial charge in [-0.25, -0.2) is 0 Å². The number of carbonyl (C=O) groups excluding carboxylic acids is 2. The van der Waals surface area contributed by atoms with E-state index in [1.54, 1.807) is 24.3 Å². The summed E-state index contributed by atoms with van der Waals surface area (Å²) in [6.45, 7) is 1.96. The molecule has 1 heterocycles. The Balaban J connectivity index is 1.67. The summed E-state index contributed by atoms with van der Waals surface area (Å²) in [5.41, 5.74) is 1.45. The summed E-state index contributed by atoms with van der Waals surface area (Å²) >= 11 is 5.88. The van der Waals surface area contributed by atoms with Crippen LogP contribution >= 0.6 is 11.6 Å². The molecule has 1 fully saturated rings. The van der Waals surface area contributed by atoms with Gasteiger partial charge in [0.25, 0.3) is 5.91 Å². The quantitative estimate of drug-likeness (QED) is 0.768. The van der Waals surface area contributed by atoms with E-state index in [9.17, 15) is 9.59 Å². The van der Waals surface area contributed by atoms with Crippen molar-refractivity contribution in [1.29, 1.82) is 0 Å². The average Bonchev–Trinajstić information content (AvgIpc) is 3.20. The maximum atomic E-state index is 12.7. The van der Waals surface area contributed by atoms with E-state index in [1.807, 2.05) is 30.3 Å². The van der Waals surface area contributed by atoms with Crippen LogP contribution in [0.2, 0.25) is 5.02 Å². The van der Waals surface area contributed by atoms with Crippen molar-refractivity contribution in [2.75, 3.05) is 19.8 Å². The molecule has 1 saturated heterocycles. The minimum absolute atomic E-state index is 0.187. The Morgan fingerprint density at radius 2 is 1.85 bits per heavy atom. The van der Waals surface area contributed by atoms with Crippen molar-refractivity contribution < 1.29 is 14.3 Å². The molecule has 0 unspecified atom stereocenters. The van der Waals surface area contributed by atoms with E-state index in [0.717, 1.165) is 18.6 Å². The molecule has 0 bridgehead atoms. The predicted molar refractivity (Wildman–Crippen MR) is 105 cm³/mol. The van der Waals surface area contributed by atoms with Crippen LogP contribution in [0.5, 0.6) is 0 Å². The first-order chi connectivity index (χ1) is 13.1. The van der Waals surface area contributed by atoms with Crippen LogP contribution in [0, 0.1) is 5.92 Å². The van der Waals surface area contributed by atoms with Crippen LogP contribution in [0.25, 0.3) is 0 Å². The third kappa shape index (κ3) is 5.81. The van der Waals surface area contributed by atoms with Crippen molar-refractivity contribution in [3.8, 4) is 0 Å². The third-order valence-electron chi connectivity index (χ3n) is 4.60. The minimum atomic E-state index is -0.655. The van der Waals surface area contributed by atoms with Crippen LogP contribution in [0.4, 0.5) is 0 Å². The minimum Gasteiger partial charge on any atom is -0.381 e. The summed E-state index contributed by atoms with van der Waals surface area (Å²) in [5, 5.41) is 6.37. The number of ether oxygens (including phenoxy) is 1. The van der Waals surface area contributed by atoms with E-state index >= 15 is 0 Å². The number of nitrogens with one attached hydrogen (secondary N) is 2. The normalized spacial score (nSPS) is 17.3. The Bertz CT molecular complexity index is 759. The van der Waals surface area contributed by atoms with Crippen LogP contribution in [-0.2, 0) is 16.0 Å². The molecule has 1 aliphatic heterocycles. The highest BCUT2D eigenvalue weighted by molar-refractivity contribution is 6.30. The molecule has 1 aliphatic rings. The Labute approximate surface area is 164 Å². The van der Waals surface area contributed by atoms with Gasteiger partial charge in [-0.15, -0.1) is 0 Å². The van der Waals surface area contributed by atoms with Crippen LogP contribution in [0.15, 0.2) is 54.6 Å². The first-order valence-corrected chi connectivity index (χ1v) is 9.45. The molecule has 2 atom stereocenters. The molecular weight excluding hydrogens is 364 g/mol. The molecule has 27 heavy (non-hydrogen) atoms. The molecule has 0 spiro atoms. The Hall–Kier alpha value is -2.37. The van der Waals surface area contributed by atoms with Crippen LogP contribution < -0.4 is 10.6 Å². The maximum Gasteiger partial charge on any atom is 0.251 e. The van der Waals surface area contributed by atoms with Crippen molar-refractivity contribution >= 4 is 23.4 Å². The topological polar surface area (TPSA) is 67.4 Å². The molecule has 2 amide bonds. The molecular formula is C21H23ClN2O3. The molecule has 2 N–H and O–H groups in total. The second-order valence-corrected chi connectivity index (χ2v) is 7.13. The second-order valence-electron chi connectivity index (χ2n) is 6.70. The van der Waals surface area contributed by atoms with Gasteiger partial charge in [0, 0.05) is 36.1 Å². The number of halogens is 1. The zero-order chi connectivity index (χ0) is 19.1. The number of benzene rings is 2. The summed E-state index contributed by atoms with van der Waals surface area (Å²) in [6, 6.07) is 15.6. The number of hydrogen-bond acceptors (Lipinski definition) is 3. The van der Waals surface area contributed by atoms with Gasteiger partial charge in [-0.1, -0.05) is 41.9 Å². The lowest BCUT2D eigenvalue weighted by atomic mass is 10.0. The Morgan fingerprint density at radius 1 is 1.11 bits per heavy atom. The average molecular weight is 387 g/mol. The van der Waals surface area contributed by atoms with Gasteiger partial charge in [0.2, 0.25) is 5.91 Å². The summed E-state index contributed by atoms with van der Waals surface area (Å²) < 4.78 is 5.35. The maximum absolute atomic E-state index is 12.7. The lowest BCUT2D eigenvalue weighted by Crippen LogP contribution is -2.49. The summed E-state index contributed by atoms with van der Waals surface area (Å²) in [7, 11) is 0. The summed E-state index contributed by atoms with van der Waals surface area (Å²) in [4.78, 5) is 25.3. The molecule has 2 aromatic carbocycles. The van der Waals surface area contributed by atoms with Crippen LogP contribution in [-0.4, -0.2) is 37.6 Å². The molecule has 5 nitrogen and oxygen atoms in total. The smallest absolute Gasteiger partial charge is 0.251 e. The van der Waals surface area contributed by atoms with Gasteiger partial charge in [0.15, 0.2) is 0 Å². The van der Waals surface area contributed by atoms with Gasteiger partial charge in [0.05, 0.1) is 6.61 Å². The van der Waals surface area contributed by atoms with E-state index in [0.29, 0.717) is 36.1 Å². The number of carbonyl (C=O) groups is 2. The van der Waals surface area contributed by atoms with E-state index in [2.05, 4.69) is 10.6 Å². The van der Waals surface area contributed by atoms with Gasteiger partial charge in [0.1, 0.15) is 6.04 Å². The number of rotatable bonds is 7. The fourth-order valence-electron chi connectivity index (χ4n) is 3.01. The van der Waals surface area contributed by atoms with Crippen molar-refractivity contribution in [2.24, 2.45) is 5.92 Å². The molecule has 3 rings (SSSR count). The lowest BCUT2D eigenvalue weighted by Gasteiger charge is -2.20. The van der Waals surface area contributed by atoms with Gasteiger partial charge >= 0.3 is 0 Å². The van der Waals surface area contributed by atoms with E-state index in [1.165, 1.54) is 0 Å². The van der Waals surface area contributed by atoms with Crippen molar-refractivity contribution in [3.63, 3.8) is 0 Å². The van der Waals surface area contributed by atoms with Crippen LogP contribution in [0.1, 0.15) is 22.3 Å². The van der Waals surface area contributed by atoms with Crippen molar-refractivity contribution in [1.82, 2.24) is 10.6 Å². The zero-order valence-electron chi connectivity index (χ0n) is 15.0. The zero-order valence-corrected chi connectivity index (χ0v) is 15.7. The van der Waals surface area contributed by atoms with Crippen molar-refractivity contribution in [2.45, 2.75) is 18.9 Å². The standard InChI is InChI=1S/C21H23ClN2O3/c22-18-8-6-17(7-9-18)20(25)24-19(12-15-4-2-1-3-5-15)21(26)23-13-16-10-11-27-14-16/h1-9,16,19H,10-14H2,(H,23,26)(H,24,25)/t16-,19+/m0/s1. The van der Waals surface area contributed by atoms with E-state index < -0.39 is 6.04 Å².